The molecule has 2 aromatic rings. The molecule has 1 aromatic heterocycles. The van der Waals surface area contributed by atoms with Gasteiger partial charge < -0.3 is 14.6 Å². The maximum atomic E-state index is 13.0. The number of carbonyl (C=O) groups excluding carboxylic acids is 2. The number of benzene rings is 1. The fourth-order valence-corrected chi connectivity index (χ4v) is 2.98. The van der Waals surface area contributed by atoms with Crippen LogP contribution < -0.4 is 0 Å². The molecule has 5 nitrogen and oxygen atoms in total. The van der Waals surface area contributed by atoms with Crippen LogP contribution in [0.1, 0.15) is 44.6 Å². The van der Waals surface area contributed by atoms with E-state index in [0.717, 1.165) is 4.47 Å². The molecule has 0 aliphatic rings. The zero-order chi connectivity index (χ0) is 17.9. The van der Waals surface area contributed by atoms with E-state index in [2.05, 4.69) is 20.9 Å². The van der Waals surface area contributed by atoms with E-state index < -0.39 is 5.97 Å². The lowest BCUT2D eigenvalue weighted by molar-refractivity contribution is 0.0519. The summed E-state index contributed by atoms with van der Waals surface area (Å²) in [4.78, 5) is 30.2. The molecule has 0 unspecified atom stereocenters. The van der Waals surface area contributed by atoms with Crippen molar-refractivity contribution in [3.63, 3.8) is 0 Å². The Kier molecular flexibility index (Phi) is 5.96. The molecule has 0 saturated carbocycles. The van der Waals surface area contributed by atoms with Gasteiger partial charge in [0.2, 0.25) is 0 Å². The van der Waals surface area contributed by atoms with E-state index >= 15 is 0 Å². The minimum Gasteiger partial charge on any atom is -0.461 e. The molecule has 0 amide bonds. The summed E-state index contributed by atoms with van der Waals surface area (Å²) in [5.41, 5.74) is 2.78. The highest BCUT2D eigenvalue weighted by Gasteiger charge is 2.25. The second kappa shape index (κ2) is 7.77. The zero-order valence-electron chi connectivity index (χ0n) is 14.3. The molecule has 128 valence electrons. The van der Waals surface area contributed by atoms with Gasteiger partial charge in [0.15, 0.2) is 5.78 Å². The van der Waals surface area contributed by atoms with Crippen molar-refractivity contribution in [1.29, 1.82) is 0 Å². The Morgan fingerprint density at radius 2 is 2.00 bits per heavy atom. The van der Waals surface area contributed by atoms with Crippen LogP contribution in [0.15, 0.2) is 28.7 Å². The molecule has 0 aliphatic carbocycles. The van der Waals surface area contributed by atoms with Crippen LogP contribution in [0.3, 0.4) is 0 Å². The quantitative estimate of drug-likeness (QED) is 0.602. The number of rotatable bonds is 6. The van der Waals surface area contributed by atoms with Gasteiger partial charge in [-0.15, -0.1) is 0 Å². The van der Waals surface area contributed by atoms with Crippen molar-refractivity contribution in [2.24, 2.45) is 0 Å². The first kappa shape index (κ1) is 18.4. The van der Waals surface area contributed by atoms with Crippen LogP contribution in [0.2, 0.25) is 0 Å². The first-order valence-corrected chi connectivity index (χ1v) is 8.48. The van der Waals surface area contributed by atoms with Gasteiger partial charge in [0, 0.05) is 27.8 Å². The van der Waals surface area contributed by atoms with Gasteiger partial charge in [-0.25, -0.2) is 4.79 Å². The molecule has 0 atom stereocenters. The van der Waals surface area contributed by atoms with E-state index in [4.69, 9.17) is 4.74 Å². The number of H-pyrrole nitrogens is 1. The third-order valence-corrected chi connectivity index (χ3v) is 4.09. The summed E-state index contributed by atoms with van der Waals surface area (Å²) in [6.45, 7) is 4.34. The molecule has 1 N–H and O–H groups in total. The van der Waals surface area contributed by atoms with Crippen LogP contribution in [0.25, 0.3) is 0 Å². The topological polar surface area (TPSA) is 62.4 Å². The van der Waals surface area contributed by atoms with Crippen LogP contribution in [0.4, 0.5) is 0 Å². The lowest BCUT2D eigenvalue weighted by Gasteiger charge is -2.10. The molecule has 1 heterocycles. The molecular formula is C18H21BrN2O3. The Hall–Kier alpha value is -1.92. The second-order valence-corrected chi connectivity index (χ2v) is 6.69. The number of aromatic nitrogens is 1. The van der Waals surface area contributed by atoms with Crippen LogP contribution in [0.5, 0.6) is 0 Å². The molecule has 24 heavy (non-hydrogen) atoms. The number of aromatic amines is 1. The summed E-state index contributed by atoms with van der Waals surface area (Å²) in [5.74, 6) is -0.555. The summed E-state index contributed by atoms with van der Waals surface area (Å²) >= 11 is 3.39. The van der Waals surface area contributed by atoms with E-state index in [0.29, 0.717) is 34.6 Å². The number of carbonyl (C=O) groups is 2. The maximum absolute atomic E-state index is 13.0. The van der Waals surface area contributed by atoms with E-state index in [9.17, 15) is 9.59 Å². The van der Waals surface area contributed by atoms with E-state index in [1.165, 1.54) is 0 Å². The van der Waals surface area contributed by atoms with Crippen LogP contribution in [-0.2, 0) is 11.3 Å². The first-order chi connectivity index (χ1) is 11.3. The highest BCUT2D eigenvalue weighted by atomic mass is 79.9. The second-order valence-electron chi connectivity index (χ2n) is 5.78. The molecule has 0 saturated heterocycles. The predicted molar refractivity (Wildman–Crippen MR) is 96.5 cm³/mol. The van der Waals surface area contributed by atoms with Crippen LogP contribution in [0, 0.1) is 6.92 Å². The fraction of sp³-hybridized carbons (Fsp3) is 0.333. The van der Waals surface area contributed by atoms with Crippen molar-refractivity contribution < 1.29 is 14.3 Å². The molecule has 2 rings (SSSR count). The summed E-state index contributed by atoms with van der Waals surface area (Å²) in [6.07, 6.45) is 0. The number of esters is 1. The van der Waals surface area contributed by atoms with Gasteiger partial charge in [0.1, 0.15) is 5.69 Å². The Balaban J connectivity index is 2.53. The van der Waals surface area contributed by atoms with Crippen molar-refractivity contribution in [1.82, 2.24) is 9.88 Å². The molecule has 0 aliphatic heterocycles. The minimum absolute atomic E-state index is 0.113. The highest BCUT2D eigenvalue weighted by molar-refractivity contribution is 9.10. The molecule has 0 bridgehead atoms. The number of hydrogen-bond donors (Lipinski definition) is 1. The number of ether oxygens (including phenoxy) is 1. The van der Waals surface area contributed by atoms with E-state index in [1.807, 2.05) is 31.1 Å². The Morgan fingerprint density at radius 3 is 2.58 bits per heavy atom. The van der Waals surface area contributed by atoms with Crippen molar-refractivity contribution in [2.75, 3.05) is 20.7 Å². The van der Waals surface area contributed by atoms with Crippen molar-refractivity contribution in [3.05, 3.63) is 56.8 Å². The average Bonchev–Trinajstić information content (AvgIpc) is 2.82. The Bertz CT molecular complexity index is 766. The monoisotopic (exact) mass is 392 g/mol. The number of halogens is 1. The van der Waals surface area contributed by atoms with Crippen molar-refractivity contribution in [2.45, 2.75) is 20.4 Å². The fourth-order valence-electron chi connectivity index (χ4n) is 2.58. The summed E-state index contributed by atoms with van der Waals surface area (Å²) in [7, 11) is 3.82. The predicted octanol–water partition coefficient (Wildman–Crippen LogP) is 3.55. The molecule has 0 spiro atoms. The smallest absolute Gasteiger partial charge is 0.355 e. The number of ketones is 1. The molecule has 1 aromatic carbocycles. The SMILES string of the molecule is CCOC(=O)c1[nH]c(CN(C)C)c(C(=O)c2cccc(Br)c2)c1C. The van der Waals surface area contributed by atoms with Gasteiger partial charge in [-0.3, -0.25) is 4.79 Å². The Labute approximate surface area is 150 Å². The van der Waals surface area contributed by atoms with Gasteiger partial charge in [-0.2, -0.15) is 0 Å². The minimum atomic E-state index is -0.441. The van der Waals surface area contributed by atoms with Gasteiger partial charge in [-0.05, 0) is 45.6 Å². The van der Waals surface area contributed by atoms with E-state index in [-0.39, 0.29) is 12.4 Å². The third kappa shape index (κ3) is 3.94. The van der Waals surface area contributed by atoms with Crippen molar-refractivity contribution >= 4 is 27.7 Å². The van der Waals surface area contributed by atoms with Gasteiger partial charge in [0.05, 0.1) is 6.61 Å². The van der Waals surface area contributed by atoms with E-state index in [1.54, 1.807) is 26.0 Å². The third-order valence-electron chi connectivity index (χ3n) is 3.60. The standard InChI is InChI=1S/C18H21BrN2O3/c1-5-24-18(23)16-11(2)15(14(20-16)10-21(3)4)17(22)12-7-6-8-13(19)9-12/h6-9,20H,5,10H2,1-4H3. The van der Waals surface area contributed by atoms with Crippen molar-refractivity contribution in [3.8, 4) is 0 Å². The summed E-state index contributed by atoms with van der Waals surface area (Å²) in [6, 6.07) is 7.23. The van der Waals surface area contributed by atoms with Crippen LogP contribution in [-0.4, -0.2) is 42.3 Å². The highest BCUT2D eigenvalue weighted by Crippen LogP contribution is 2.25. The number of hydrogen-bond acceptors (Lipinski definition) is 4. The summed E-state index contributed by atoms with van der Waals surface area (Å²) < 4.78 is 5.92. The van der Waals surface area contributed by atoms with Gasteiger partial charge >= 0.3 is 5.97 Å². The normalized spacial score (nSPS) is 10.9. The Morgan fingerprint density at radius 1 is 1.29 bits per heavy atom. The average molecular weight is 393 g/mol. The molecule has 0 fully saturated rings. The van der Waals surface area contributed by atoms with Gasteiger partial charge in [-0.1, -0.05) is 28.1 Å². The lowest BCUT2D eigenvalue weighted by atomic mass is 9.99. The largest absolute Gasteiger partial charge is 0.461 e. The lowest BCUT2D eigenvalue weighted by Crippen LogP contribution is -2.14. The summed E-state index contributed by atoms with van der Waals surface area (Å²) in [5, 5.41) is 0. The maximum Gasteiger partial charge on any atom is 0.355 e. The molecule has 0 radical (unpaired) electrons. The van der Waals surface area contributed by atoms with Gasteiger partial charge in [0.25, 0.3) is 0 Å². The molecular weight excluding hydrogens is 372 g/mol. The number of nitrogens with one attached hydrogen (secondary N) is 1. The molecule has 6 heteroatoms. The van der Waals surface area contributed by atoms with Crippen LogP contribution >= 0.6 is 15.9 Å². The number of nitrogens with zero attached hydrogens (tertiary/aromatic N) is 1. The first-order valence-electron chi connectivity index (χ1n) is 7.68. The zero-order valence-corrected chi connectivity index (χ0v) is 15.9.